The molecule has 3 aromatic rings. The minimum Gasteiger partial charge on any atom is -0.442 e. The van der Waals surface area contributed by atoms with Gasteiger partial charge in [0.05, 0.1) is 42.3 Å². The van der Waals surface area contributed by atoms with Gasteiger partial charge < -0.3 is 24.7 Å². The van der Waals surface area contributed by atoms with E-state index in [1.54, 1.807) is 19.3 Å². The van der Waals surface area contributed by atoms with Gasteiger partial charge in [-0.3, -0.25) is 4.79 Å². The molecule has 2 fully saturated rings. The Kier molecular flexibility index (Phi) is 5.03. The molecule has 31 heavy (non-hydrogen) atoms. The van der Waals surface area contributed by atoms with E-state index in [4.69, 9.17) is 9.15 Å². The lowest BCUT2D eigenvalue weighted by Crippen LogP contribution is -2.36. The summed E-state index contributed by atoms with van der Waals surface area (Å²) in [6.45, 7) is 7.37. The van der Waals surface area contributed by atoms with Crippen LogP contribution in [-0.2, 0) is 11.3 Å². The number of aromatic nitrogens is 4. The fraction of sp³-hybridized carbons (Fsp3) is 0.476. The maximum absolute atomic E-state index is 13.1. The summed E-state index contributed by atoms with van der Waals surface area (Å²) >= 11 is 0. The second-order valence-electron chi connectivity index (χ2n) is 8.26. The maximum Gasteiger partial charge on any atom is 0.261 e. The van der Waals surface area contributed by atoms with Crippen molar-refractivity contribution in [3.63, 3.8) is 0 Å². The summed E-state index contributed by atoms with van der Waals surface area (Å²) in [6.07, 6.45) is 6.97. The topological polar surface area (TPSA) is 118 Å². The van der Waals surface area contributed by atoms with Crippen molar-refractivity contribution in [3.8, 4) is 0 Å². The van der Waals surface area contributed by atoms with E-state index in [0.717, 1.165) is 37.4 Å². The highest BCUT2D eigenvalue weighted by Gasteiger charge is 2.36. The number of ether oxygens (including phenoxy) is 1. The molecule has 1 aliphatic carbocycles. The first-order valence-electron chi connectivity index (χ1n) is 10.5. The van der Waals surface area contributed by atoms with E-state index >= 15 is 0 Å². The third-order valence-corrected chi connectivity index (χ3v) is 5.87. The molecule has 10 heteroatoms. The Labute approximate surface area is 179 Å². The summed E-state index contributed by atoms with van der Waals surface area (Å²) in [5.41, 5.74) is 1.72. The molecule has 1 amide bonds. The summed E-state index contributed by atoms with van der Waals surface area (Å²) in [6, 6.07) is 0. The highest BCUT2D eigenvalue weighted by Crippen LogP contribution is 2.35. The minimum absolute atomic E-state index is 0.149. The monoisotopic (exact) mass is 423 g/mol. The molecule has 5 rings (SSSR count). The van der Waals surface area contributed by atoms with Gasteiger partial charge in [-0.1, -0.05) is 0 Å². The zero-order valence-electron chi connectivity index (χ0n) is 17.6. The molecule has 0 spiro atoms. The molecule has 1 saturated carbocycles. The second kappa shape index (κ2) is 7.86. The fourth-order valence-electron chi connectivity index (χ4n) is 3.69. The van der Waals surface area contributed by atoms with Crippen LogP contribution in [0.2, 0.25) is 0 Å². The van der Waals surface area contributed by atoms with Gasteiger partial charge in [-0.05, 0) is 26.7 Å². The average molecular weight is 423 g/mol. The number of aryl methyl sites for hydroxylation is 1. The van der Waals surface area contributed by atoms with Gasteiger partial charge in [0.1, 0.15) is 17.9 Å². The smallest absolute Gasteiger partial charge is 0.261 e. The van der Waals surface area contributed by atoms with Gasteiger partial charge in [-0.15, -0.1) is 0 Å². The lowest BCUT2D eigenvalue weighted by Gasteiger charge is -2.27. The number of carbonyl (C=O) groups is 1. The van der Waals surface area contributed by atoms with Crippen molar-refractivity contribution < 1.29 is 13.9 Å². The fourth-order valence-corrected chi connectivity index (χ4v) is 3.69. The SMILES string of the molecule is Cc1oc2ncnc(CNC3(C)CC3)c2c1C(=O)Nc1cnc(N2CCOCC2)cn1. The zero-order valence-corrected chi connectivity index (χ0v) is 17.6. The molecule has 10 nitrogen and oxygen atoms in total. The van der Waals surface area contributed by atoms with Crippen molar-refractivity contribution in [1.29, 1.82) is 0 Å². The standard InChI is InChI=1S/C21H25N7O3/c1-13-17(18-14(9-26-21(2)3-4-21)24-12-25-20(18)31-13)19(29)27-15-10-23-16(11-22-15)28-5-7-30-8-6-28/h10-12,26H,3-9H2,1-2H3,(H,22,27,29). The van der Waals surface area contributed by atoms with Gasteiger partial charge in [0.25, 0.3) is 5.91 Å². The zero-order chi connectivity index (χ0) is 21.4. The molecule has 1 aliphatic heterocycles. The molecule has 1 saturated heterocycles. The number of hydrogen-bond donors (Lipinski definition) is 2. The third-order valence-electron chi connectivity index (χ3n) is 5.87. The van der Waals surface area contributed by atoms with E-state index in [9.17, 15) is 4.79 Å². The third kappa shape index (κ3) is 4.08. The molecular formula is C21H25N7O3. The van der Waals surface area contributed by atoms with Gasteiger partial charge in [0, 0.05) is 25.2 Å². The lowest BCUT2D eigenvalue weighted by atomic mass is 10.1. The normalized spacial score (nSPS) is 17.7. The first kappa shape index (κ1) is 19.8. The first-order chi connectivity index (χ1) is 15.0. The van der Waals surface area contributed by atoms with Crippen molar-refractivity contribution in [3.05, 3.63) is 35.7 Å². The van der Waals surface area contributed by atoms with Gasteiger partial charge in [-0.25, -0.2) is 19.9 Å². The van der Waals surface area contributed by atoms with E-state index in [0.29, 0.717) is 48.0 Å². The summed E-state index contributed by atoms with van der Waals surface area (Å²) < 4.78 is 11.1. The number of carbonyl (C=O) groups excluding carboxylic acids is 1. The van der Waals surface area contributed by atoms with Crippen LogP contribution >= 0.6 is 0 Å². The number of nitrogens with one attached hydrogen (secondary N) is 2. The van der Waals surface area contributed by atoms with Gasteiger partial charge in [0.15, 0.2) is 5.82 Å². The number of morpholine rings is 1. The highest BCUT2D eigenvalue weighted by atomic mass is 16.5. The Bertz CT molecular complexity index is 1100. The molecule has 2 N–H and O–H groups in total. The summed E-state index contributed by atoms with van der Waals surface area (Å²) in [5.74, 6) is 1.31. The Morgan fingerprint density at radius 3 is 2.68 bits per heavy atom. The first-order valence-corrected chi connectivity index (χ1v) is 10.5. The highest BCUT2D eigenvalue weighted by molar-refractivity contribution is 6.13. The maximum atomic E-state index is 13.1. The van der Waals surface area contributed by atoms with E-state index in [1.807, 2.05) is 0 Å². The number of nitrogens with zero attached hydrogens (tertiary/aromatic N) is 5. The second-order valence-corrected chi connectivity index (χ2v) is 8.26. The summed E-state index contributed by atoms with van der Waals surface area (Å²) in [5, 5.41) is 6.96. The van der Waals surface area contributed by atoms with Gasteiger partial charge in [-0.2, -0.15) is 0 Å². The molecule has 0 unspecified atom stereocenters. The summed E-state index contributed by atoms with van der Waals surface area (Å²) in [7, 11) is 0. The van der Waals surface area contributed by atoms with Crippen LogP contribution < -0.4 is 15.5 Å². The van der Waals surface area contributed by atoms with E-state index < -0.39 is 0 Å². The number of amides is 1. The van der Waals surface area contributed by atoms with Crippen LogP contribution in [-0.4, -0.2) is 57.7 Å². The van der Waals surface area contributed by atoms with Crippen molar-refractivity contribution in [2.75, 3.05) is 36.5 Å². The Hall–Kier alpha value is -3.11. The average Bonchev–Trinajstić information content (AvgIpc) is 3.42. The van der Waals surface area contributed by atoms with Crippen LogP contribution in [0, 0.1) is 6.92 Å². The van der Waals surface area contributed by atoms with E-state index in [2.05, 4.69) is 42.4 Å². The predicted octanol–water partition coefficient (Wildman–Crippen LogP) is 2.05. The molecule has 0 aromatic carbocycles. The predicted molar refractivity (Wildman–Crippen MR) is 114 cm³/mol. The molecule has 0 bridgehead atoms. The van der Waals surface area contributed by atoms with Crippen LogP contribution in [0.3, 0.4) is 0 Å². The number of anilines is 2. The molecule has 0 atom stereocenters. The molecule has 0 radical (unpaired) electrons. The van der Waals surface area contributed by atoms with E-state index in [-0.39, 0.29) is 11.4 Å². The number of hydrogen-bond acceptors (Lipinski definition) is 9. The molecule has 2 aliphatic rings. The molecular weight excluding hydrogens is 398 g/mol. The molecule has 4 heterocycles. The molecule has 3 aromatic heterocycles. The van der Waals surface area contributed by atoms with Crippen molar-refractivity contribution in [2.24, 2.45) is 0 Å². The van der Waals surface area contributed by atoms with E-state index in [1.165, 1.54) is 6.33 Å². The van der Waals surface area contributed by atoms with Gasteiger partial charge >= 0.3 is 0 Å². The molecule has 162 valence electrons. The number of furan rings is 1. The summed E-state index contributed by atoms with van der Waals surface area (Å²) in [4.78, 5) is 32.6. The Morgan fingerprint density at radius 1 is 1.16 bits per heavy atom. The van der Waals surface area contributed by atoms with Crippen molar-refractivity contribution in [2.45, 2.75) is 38.8 Å². The quantitative estimate of drug-likeness (QED) is 0.614. The van der Waals surface area contributed by atoms with Crippen LogP contribution in [0.25, 0.3) is 11.1 Å². The Morgan fingerprint density at radius 2 is 1.97 bits per heavy atom. The van der Waals surface area contributed by atoms with Crippen LogP contribution in [0.15, 0.2) is 23.1 Å². The number of fused-ring (bicyclic) bond motifs is 1. The van der Waals surface area contributed by atoms with Gasteiger partial charge in [0.2, 0.25) is 5.71 Å². The number of rotatable bonds is 6. The van der Waals surface area contributed by atoms with Crippen molar-refractivity contribution in [1.82, 2.24) is 25.3 Å². The minimum atomic E-state index is -0.321. The van der Waals surface area contributed by atoms with Crippen molar-refractivity contribution >= 4 is 28.6 Å². The van der Waals surface area contributed by atoms with Crippen LogP contribution in [0.4, 0.5) is 11.6 Å². The lowest BCUT2D eigenvalue weighted by molar-refractivity contribution is 0.102. The Balaban J connectivity index is 1.37. The van der Waals surface area contributed by atoms with Crippen LogP contribution in [0.5, 0.6) is 0 Å². The van der Waals surface area contributed by atoms with Crippen LogP contribution in [0.1, 0.15) is 41.6 Å². The largest absolute Gasteiger partial charge is 0.442 e.